The van der Waals surface area contributed by atoms with Gasteiger partial charge in [0.2, 0.25) is 0 Å². The van der Waals surface area contributed by atoms with Crippen LogP contribution in [-0.4, -0.2) is 25.6 Å². The third-order valence-electron chi connectivity index (χ3n) is 6.04. The number of benzene rings is 4. The Labute approximate surface area is 202 Å². The van der Waals surface area contributed by atoms with Gasteiger partial charge in [0.1, 0.15) is 11.5 Å². The van der Waals surface area contributed by atoms with Crippen molar-refractivity contribution in [3.63, 3.8) is 0 Å². The topological polar surface area (TPSA) is 113 Å². The van der Waals surface area contributed by atoms with E-state index < -0.39 is 81.1 Å². The lowest BCUT2D eigenvalue weighted by molar-refractivity contribution is -0.154. The zero-order valence-electron chi connectivity index (χ0n) is 18.3. The number of ether oxygens (including phenoxy) is 2. The van der Waals surface area contributed by atoms with Crippen molar-refractivity contribution in [2.24, 2.45) is 0 Å². The smallest absolute Gasteiger partial charge is 0.422 e. The summed E-state index contributed by atoms with van der Waals surface area (Å²) in [6.45, 7) is -3.48. The van der Waals surface area contributed by atoms with Crippen LogP contribution in [-0.2, 0) is 0 Å². The van der Waals surface area contributed by atoms with Gasteiger partial charge in [0.25, 0.3) is 0 Å². The molecule has 194 valence electrons. The van der Waals surface area contributed by atoms with Crippen LogP contribution in [0.15, 0.2) is 52.3 Å². The first-order valence-corrected chi connectivity index (χ1v) is 10.5. The Morgan fingerprint density at radius 1 is 0.500 bits per heavy atom. The van der Waals surface area contributed by atoms with Crippen LogP contribution in [0.3, 0.4) is 0 Å². The maximum Gasteiger partial charge on any atom is 0.422 e. The minimum absolute atomic E-state index is 0.0486. The number of hydrogen-bond acceptors (Lipinski definition) is 8. The largest absolute Gasteiger partial charge is 0.484 e. The van der Waals surface area contributed by atoms with Gasteiger partial charge in [-0.3, -0.25) is 0 Å². The van der Waals surface area contributed by atoms with Crippen molar-refractivity contribution in [2.45, 2.75) is 12.4 Å². The summed E-state index contributed by atoms with van der Waals surface area (Å²) in [6.07, 6.45) is -9.50. The van der Waals surface area contributed by atoms with E-state index in [0.717, 1.165) is 24.3 Å². The van der Waals surface area contributed by atoms with E-state index in [-0.39, 0.29) is 32.3 Å². The lowest BCUT2D eigenvalue weighted by Gasteiger charge is -2.17. The van der Waals surface area contributed by atoms with Crippen LogP contribution in [0.25, 0.3) is 53.9 Å². The van der Waals surface area contributed by atoms with Crippen molar-refractivity contribution >= 4 is 53.9 Å². The molecule has 0 amide bonds. The first-order valence-electron chi connectivity index (χ1n) is 10.5. The molecule has 0 saturated carbocycles. The molecule has 0 atom stereocenters. The van der Waals surface area contributed by atoms with Crippen molar-refractivity contribution in [3.8, 4) is 11.5 Å². The Morgan fingerprint density at radius 3 is 1.00 bits per heavy atom. The van der Waals surface area contributed by atoms with E-state index in [4.69, 9.17) is 18.3 Å². The molecule has 38 heavy (non-hydrogen) atoms. The molecule has 6 aromatic rings. The van der Waals surface area contributed by atoms with Gasteiger partial charge in [-0.2, -0.15) is 26.3 Å². The SMILES string of the molecule is O=c1oc(=O)c2c3cc(OCC(F)(F)F)cc4c5c(=O)oc(=O)c5c5cc(OCC(F)(F)F)cc(c12)c5c34. The summed E-state index contributed by atoms with van der Waals surface area (Å²) in [5.74, 6) is -0.905. The van der Waals surface area contributed by atoms with Crippen LogP contribution in [0.4, 0.5) is 26.3 Å². The molecule has 0 spiro atoms. The molecule has 0 unspecified atom stereocenters. The fraction of sp³-hybridized carbons (Fsp3) is 0.167. The molecular weight excluding hydrogens is 530 g/mol. The summed E-state index contributed by atoms with van der Waals surface area (Å²) in [4.78, 5) is 50.6. The standard InChI is InChI=1S/C24H8F6O8/c25-23(26,27)5-35-7-1-9-13-10(2-7)17-18(22(34)38-21(17)33)12-4-8(36-6-24(28,29)30)3-11(14(12)13)16-15(9)19(31)37-20(16)32/h1-4H,5-6H2. The molecule has 0 radical (unpaired) electrons. The van der Waals surface area contributed by atoms with Gasteiger partial charge in [0, 0.05) is 21.5 Å². The molecule has 4 aromatic carbocycles. The number of rotatable bonds is 4. The van der Waals surface area contributed by atoms with Gasteiger partial charge in [0.15, 0.2) is 13.2 Å². The maximum absolute atomic E-state index is 12.8. The molecule has 6 rings (SSSR count). The van der Waals surface area contributed by atoms with Crippen LogP contribution in [0.2, 0.25) is 0 Å². The Bertz CT molecular complexity index is 1860. The minimum Gasteiger partial charge on any atom is -0.484 e. The van der Waals surface area contributed by atoms with Gasteiger partial charge in [-0.1, -0.05) is 0 Å². The second-order valence-corrected chi connectivity index (χ2v) is 8.45. The lowest BCUT2D eigenvalue weighted by Crippen LogP contribution is -2.19. The minimum atomic E-state index is -4.75. The molecule has 0 aliphatic heterocycles. The molecule has 0 aliphatic carbocycles. The van der Waals surface area contributed by atoms with Crippen molar-refractivity contribution in [1.82, 2.24) is 0 Å². The van der Waals surface area contributed by atoms with Crippen molar-refractivity contribution < 1.29 is 44.7 Å². The van der Waals surface area contributed by atoms with Crippen LogP contribution >= 0.6 is 0 Å². The summed E-state index contributed by atoms with van der Waals surface area (Å²) in [7, 11) is 0. The molecule has 8 nitrogen and oxygen atoms in total. The van der Waals surface area contributed by atoms with Crippen molar-refractivity contribution in [3.05, 3.63) is 65.9 Å². The molecule has 14 heteroatoms. The number of alkyl halides is 6. The highest BCUT2D eigenvalue weighted by Gasteiger charge is 2.31. The number of hydrogen-bond donors (Lipinski definition) is 0. The summed E-state index contributed by atoms with van der Waals surface area (Å²) < 4.78 is 96.1. The molecule has 2 aromatic heterocycles. The van der Waals surface area contributed by atoms with Gasteiger partial charge < -0.3 is 18.3 Å². The van der Waals surface area contributed by atoms with E-state index in [0.29, 0.717) is 0 Å². The first-order chi connectivity index (χ1) is 17.7. The zero-order valence-corrected chi connectivity index (χ0v) is 18.3. The van der Waals surface area contributed by atoms with Crippen molar-refractivity contribution in [2.75, 3.05) is 13.2 Å². The second kappa shape index (κ2) is 7.46. The first kappa shape index (κ1) is 23.8. The van der Waals surface area contributed by atoms with E-state index in [1.165, 1.54) is 0 Å². The van der Waals surface area contributed by atoms with E-state index >= 15 is 0 Å². The number of furan rings is 2. The maximum atomic E-state index is 12.8. The monoisotopic (exact) mass is 538 g/mol. The Kier molecular flexibility index (Phi) is 4.66. The fourth-order valence-corrected chi connectivity index (χ4v) is 4.81. The van der Waals surface area contributed by atoms with Crippen molar-refractivity contribution in [1.29, 1.82) is 0 Å². The summed E-state index contributed by atoms with van der Waals surface area (Å²) in [5.41, 5.74) is -4.73. The normalized spacial score (nSPS) is 13.1. The zero-order chi connectivity index (χ0) is 27.3. The molecule has 0 aliphatic rings. The highest BCUT2D eigenvalue weighted by molar-refractivity contribution is 6.40. The van der Waals surface area contributed by atoms with Gasteiger partial charge in [-0.05, 0) is 35.0 Å². The average Bonchev–Trinajstić information content (AvgIpc) is 3.29. The van der Waals surface area contributed by atoms with E-state index in [1.54, 1.807) is 0 Å². The summed E-state index contributed by atoms with van der Waals surface area (Å²) >= 11 is 0. The van der Waals surface area contributed by atoms with Gasteiger partial charge in [0.05, 0.1) is 21.5 Å². The summed E-state index contributed by atoms with van der Waals surface area (Å²) in [5, 5.41) is -2.07. The van der Waals surface area contributed by atoms with Crippen LogP contribution < -0.4 is 32.0 Å². The fourth-order valence-electron chi connectivity index (χ4n) is 4.81. The Balaban J connectivity index is 1.86. The third-order valence-corrected chi connectivity index (χ3v) is 6.04. The molecule has 0 bridgehead atoms. The highest BCUT2D eigenvalue weighted by atomic mass is 19.4. The van der Waals surface area contributed by atoms with E-state index in [1.807, 2.05) is 0 Å². The van der Waals surface area contributed by atoms with Gasteiger partial charge in [-0.15, -0.1) is 0 Å². The molecule has 0 N–H and O–H groups in total. The summed E-state index contributed by atoms with van der Waals surface area (Å²) in [6, 6.07) is 4.14. The predicted octanol–water partition coefficient (Wildman–Crippen LogP) is 4.28. The molecule has 2 heterocycles. The molecule has 0 fully saturated rings. The van der Waals surface area contributed by atoms with Crippen LogP contribution in [0.1, 0.15) is 0 Å². The Hall–Kier alpha value is -4.62. The number of halogens is 6. The van der Waals surface area contributed by atoms with E-state index in [2.05, 4.69) is 0 Å². The predicted molar refractivity (Wildman–Crippen MR) is 120 cm³/mol. The van der Waals surface area contributed by atoms with Crippen LogP contribution in [0.5, 0.6) is 11.5 Å². The van der Waals surface area contributed by atoms with Gasteiger partial charge in [-0.25, -0.2) is 19.2 Å². The lowest BCUT2D eigenvalue weighted by atomic mass is 9.88. The Morgan fingerprint density at radius 2 is 0.763 bits per heavy atom. The second-order valence-electron chi connectivity index (χ2n) is 8.45. The van der Waals surface area contributed by atoms with Crippen LogP contribution in [0, 0.1) is 0 Å². The number of fused-ring (bicyclic) bond motifs is 6. The molecular formula is C24H8F6O8. The third kappa shape index (κ3) is 3.47. The van der Waals surface area contributed by atoms with E-state index in [9.17, 15) is 45.5 Å². The highest BCUT2D eigenvalue weighted by Crippen LogP contribution is 2.45. The average molecular weight is 538 g/mol. The van der Waals surface area contributed by atoms with Gasteiger partial charge >= 0.3 is 34.9 Å². The quantitative estimate of drug-likeness (QED) is 0.242. The molecule has 0 saturated heterocycles.